The van der Waals surface area contributed by atoms with E-state index in [1.54, 1.807) is 5.38 Å². The monoisotopic (exact) mass is 382 g/mol. The Kier molecular flexibility index (Phi) is 8.54. The predicted octanol–water partition coefficient (Wildman–Crippen LogP) is 2.94. The highest BCUT2D eigenvalue weighted by Gasteiger charge is 2.12. The minimum Gasteiger partial charge on any atom is -0.347 e. The molecule has 0 bridgehead atoms. The summed E-state index contributed by atoms with van der Waals surface area (Å²) >= 11 is 1.37. The van der Waals surface area contributed by atoms with Crippen LogP contribution in [0.5, 0.6) is 0 Å². The van der Waals surface area contributed by atoms with Gasteiger partial charge in [-0.1, -0.05) is 26.0 Å². The molecule has 0 spiro atoms. The first-order valence-corrected chi connectivity index (χ1v) is 8.74. The summed E-state index contributed by atoms with van der Waals surface area (Å²) in [6, 6.07) is 7.43. The number of nitrogens with one attached hydrogen (secondary N) is 2. The van der Waals surface area contributed by atoms with E-state index >= 15 is 0 Å². The van der Waals surface area contributed by atoms with Crippen LogP contribution in [0.3, 0.4) is 0 Å². The molecular weight excluding hydrogens is 360 g/mol. The van der Waals surface area contributed by atoms with Gasteiger partial charge < -0.3 is 16.4 Å². The number of amides is 2. The fraction of sp³-hybridized carbons (Fsp3) is 0.353. The van der Waals surface area contributed by atoms with Gasteiger partial charge >= 0.3 is 0 Å². The molecule has 0 aliphatic carbocycles. The Morgan fingerprint density at radius 3 is 2.76 bits per heavy atom. The lowest BCUT2D eigenvalue weighted by Gasteiger charge is -2.11. The van der Waals surface area contributed by atoms with E-state index in [0.717, 1.165) is 22.7 Å². The number of rotatable bonds is 7. The number of carbonyl (C=O) groups is 2. The highest BCUT2D eigenvalue weighted by Crippen LogP contribution is 2.14. The predicted molar refractivity (Wildman–Crippen MR) is 103 cm³/mol. The van der Waals surface area contributed by atoms with Gasteiger partial charge in [0.25, 0.3) is 5.91 Å². The summed E-state index contributed by atoms with van der Waals surface area (Å²) < 4.78 is 0. The maximum atomic E-state index is 12.1. The van der Waals surface area contributed by atoms with Crippen LogP contribution in [-0.2, 0) is 17.9 Å². The lowest BCUT2D eigenvalue weighted by Crippen LogP contribution is -2.23. The highest BCUT2D eigenvalue weighted by molar-refractivity contribution is 7.09. The number of hydrogen-bond donors (Lipinski definition) is 3. The second kappa shape index (κ2) is 10.1. The Balaban J connectivity index is 0.00000312. The fourth-order valence-corrected chi connectivity index (χ4v) is 2.65. The molecule has 136 valence electrons. The van der Waals surface area contributed by atoms with Crippen molar-refractivity contribution in [1.82, 2.24) is 10.3 Å². The molecule has 2 amide bonds. The molecule has 0 aliphatic rings. The zero-order chi connectivity index (χ0) is 17.5. The Labute approximate surface area is 157 Å². The summed E-state index contributed by atoms with van der Waals surface area (Å²) in [6.07, 6.45) is 0.792. The van der Waals surface area contributed by atoms with Crippen molar-refractivity contribution in [1.29, 1.82) is 0 Å². The maximum Gasteiger partial charge on any atom is 0.271 e. The van der Waals surface area contributed by atoms with Crippen LogP contribution in [0, 0.1) is 5.92 Å². The third-order valence-electron chi connectivity index (χ3n) is 3.67. The van der Waals surface area contributed by atoms with Crippen molar-refractivity contribution in [3.8, 4) is 0 Å². The van der Waals surface area contributed by atoms with Gasteiger partial charge in [0, 0.05) is 30.1 Å². The van der Waals surface area contributed by atoms with E-state index in [4.69, 9.17) is 5.73 Å². The van der Waals surface area contributed by atoms with Gasteiger partial charge in [-0.3, -0.25) is 9.59 Å². The minimum atomic E-state index is -0.236. The Morgan fingerprint density at radius 1 is 1.36 bits per heavy atom. The number of carbonyl (C=O) groups excluding carboxylic acids is 2. The first-order valence-electron chi connectivity index (χ1n) is 7.86. The molecule has 1 heterocycles. The minimum absolute atomic E-state index is 0. The third-order valence-corrected chi connectivity index (χ3v) is 4.54. The largest absolute Gasteiger partial charge is 0.347 e. The van der Waals surface area contributed by atoms with Gasteiger partial charge in [0.15, 0.2) is 0 Å². The number of anilines is 1. The first kappa shape index (κ1) is 21.1. The first-order chi connectivity index (χ1) is 11.5. The number of benzene rings is 1. The SMILES string of the molecule is CCC(C)C(=O)Nc1cccc(CNC(=O)c2csc(CN)n2)c1.Cl. The highest BCUT2D eigenvalue weighted by atomic mass is 35.5. The van der Waals surface area contributed by atoms with Gasteiger partial charge in [-0.15, -0.1) is 23.7 Å². The lowest BCUT2D eigenvalue weighted by molar-refractivity contribution is -0.119. The third kappa shape index (κ3) is 6.12. The van der Waals surface area contributed by atoms with Crippen LogP contribution < -0.4 is 16.4 Å². The molecule has 1 atom stereocenters. The van der Waals surface area contributed by atoms with Gasteiger partial charge in [-0.25, -0.2) is 4.98 Å². The molecule has 1 aromatic heterocycles. The van der Waals surface area contributed by atoms with E-state index in [1.807, 2.05) is 38.1 Å². The molecule has 0 radical (unpaired) electrons. The molecule has 8 heteroatoms. The van der Waals surface area contributed by atoms with Crippen molar-refractivity contribution in [2.75, 3.05) is 5.32 Å². The van der Waals surface area contributed by atoms with Crippen LogP contribution in [0.1, 0.15) is 41.3 Å². The van der Waals surface area contributed by atoms with Gasteiger partial charge in [0.2, 0.25) is 5.91 Å². The number of halogens is 1. The number of thiazole rings is 1. The maximum absolute atomic E-state index is 12.1. The Bertz CT molecular complexity index is 720. The summed E-state index contributed by atoms with van der Waals surface area (Å²) in [5.41, 5.74) is 7.50. The van der Waals surface area contributed by atoms with Crippen molar-refractivity contribution in [3.05, 3.63) is 45.9 Å². The molecule has 2 rings (SSSR count). The summed E-state index contributed by atoms with van der Waals surface area (Å²) in [4.78, 5) is 28.2. The Morgan fingerprint density at radius 2 is 2.12 bits per heavy atom. The molecule has 1 unspecified atom stereocenters. The second-order valence-electron chi connectivity index (χ2n) is 5.51. The van der Waals surface area contributed by atoms with Crippen LogP contribution in [-0.4, -0.2) is 16.8 Å². The smallest absolute Gasteiger partial charge is 0.271 e. The number of aromatic nitrogens is 1. The standard InChI is InChI=1S/C17H22N4O2S.ClH/c1-3-11(2)16(22)20-13-6-4-5-12(7-13)9-19-17(23)14-10-24-15(8-18)21-14;/h4-7,10-11H,3,8-9,18H2,1-2H3,(H,19,23)(H,20,22);1H. The van der Waals surface area contributed by atoms with Crippen molar-refractivity contribution >= 4 is 41.2 Å². The van der Waals surface area contributed by atoms with E-state index in [1.165, 1.54) is 11.3 Å². The number of hydrogen-bond acceptors (Lipinski definition) is 5. The summed E-state index contributed by atoms with van der Waals surface area (Å²) in [5, 5.41) is 8.13. The lowest BCUT2D eigenvalue weighted by atomic mass is 10.1. The van der Waals surface area contributed by atoms with Crippen molar-refractivity contribution in [2.45, 2.75) is 33.4 Å². The molecule has 0 aliphatic heterocycles. The average molecular weight is 383 g/mol. The molecule has 0 saturated carbocycles. The summed E-state index contributed by atoms with van der Waals surface area (Å²) in [7, 11) is 0. The van der Waals surface area contributed by atoms with Crippen LogP contribution in [0.15, 0.2) is 29.6 Å². The molecule has 2 aromatic rings. The Hall–Kier alpha value is -1.96. The van der Waals surface area contributed by atoms with Crippen molar-refractivity contribution in [2.24, 2.45) is 11.7 Å². The van der Waals surface area contributed by atoms with E-state index < -0.39 is 0 Å². The fourth-order valence-electron chi connectivity index (χ4n) is 1.99. The second-order valence-corrected chi connectivity index (χ2v) is 6.45. The average Bonchev–Trinajstić information content (AvgIpc) is 3.08. The molecular formula is C17H23ClN4O2S. The van der Waals surface area contributed by atoms with E-state index in [0.29, 0.717) is 18.8 Å². The van der Waals surface area contributed by atoms with Crippen LogP contribution >= 0.6 is 23.7 Å². The van der Waals surface area contributed by atoms with Crippen LogP contribution in [0.25, 0.3) is 0 Å². The summed E-state index contributed by atoms with van der Waals surface area (Å²) in [6.45, 7) is 4.56. The number of nitrogens with two attached hydrogens (primary N) is 1. The molecule has 0 saturated heterocycles. The summed E-state index contributed by atoms with van der Waals surface area (Å²) in [5.74, 6) is -0.273. The van der Waals surface area contributed by atoms with Crippen LogP contribution in [0.4, 0.5) is 5.69 Å². The van der Waals surface area contributed by atoms with Crippen molar-refractivity contribution in [3.63, 3.8) is 0 Å². The molecule has 25 heavy (non-hydrogen) atoms. The molecule has 4 N–H and O–H groups in total. The normalized spacial score (nSPS) is 11.3. The quantitative estimate of drug-likeness (QED) is 0.685. The van der Waals surface area contributed by atoms with Gasteiger partial charge in [0.1, 0.15) is 10.7 Å². The van der Waals surface area contributed by atoms with Crippen LogP contribution in [0.2, 0.25) is 0 Å². The molecule has 0 fully saturated rings. The van der Waals surface area contributed by atoms with Crippen molar-refractivity contribution < 1.29 is 9.59 Å². The van der Waals surface area contributed by atoms with Gasteiger partial charge in [-0.05, 0) is 24.1 Å². The van der Waals surface area contributed by atoms with E-state index in [2.05, 4.69) is 15.6 Å². The molecule has 6 nitrogen and oxygen atoms in total. The zero-order valence-electron chi connectivity index (χ0n) is 14.2. The number of nitrogens with zero attached hydrogens (tertiary/aromatic N) is 1. The molecule has 1 aromatic carbocycles. The topological polar surface area (TPSA) is 97.1 Å². The zero-order valence-corrected chi connectivity index (χ0v) is 15.9. The van der Waals surface area contributed by atoms with E-state index in [-0.39, 0.29) is 30.1 Å². The van der Waals surface area contributed by atoms with Gasteiger partial charge in [-0.2, -0.15) is 0 Å². The van der Waals surface area contributed by atoms with Gasteiger partial charge in [0.05, 0.1) is 0 Å². The van der Waals surface area contributed by atoms with E-state index in [9.17, 15) is 9.59 Å².